The predicted octanol–water partition coefficient (Wildman–Crippen LogP) is 3.21. The van der Waals surface area contributed by atoms with Gasteiger partial charge in [0.1, 0.15) is 17.0 Å². The van der Waals surface area contributed by atoms with Crippen molar-refractivity contribution in [2.45, 2.75) is 13.3 Å². The quantitative estimate of drug-likeness (QED) is 0.491. The van der Waals surface area contributed by atoms with Gasteiger partial charge in [-0.25, -0.2) is 4.79 Å². The number of hydrogen-bond acceptors (Lipinski definition) is 6. The third-order valence-corrected chi connectivity index (χ3v) is 4.93. The summed E-state index contributed by atoms with van der Waals surface area (Å²) in [6.45, 7) is 1.20. The number of likely N-dealkylation sites (N-methyl/N-ethyl adjacent to an activating group) is 1. The zero-order valence-corrected chi connectivity index (χ0v) is 16.0. The molecule has 0 saturated carbocycles. The fourth-order valence-electron chi connectivity index (χ4n) is 3.34. The number of benzene rings is 2. The smallest absolute Gasteiger partial charge is 0.344 e. The van der Waals surface area contributed by atoms with E-state index in [1.54, 1.807) is 37.1 Å². The van der Waals surface area contributed by atoms with E-state index >= 15 is 0 Å². The fraction of sp³-hybridized carbons (Fsp3) is 0.182. The molecule has 0 bridgehead atoms. The minimum absolute atomic E-state index is 0.0209. The maximum absolute atomic E-state index is 12.6. The maximum Gasteiger partial charge on any atom is 0.344 e. The molecule has 0 saturated heterocycles. The number of ether oxygens (including phenoxy) is 1. The molecule has 1 amide bonds. The second-order valence-corrected chi connectivity index (χ2v) is 6.80. The van der Waals surface area contributed by atoms with Crippen LogP contribution in [0.3, 0.4) is 0 Å². The Morgan fingerprint density at radius 2 is 1.93 bits per heavy atom. The number of aryl methyl sites for hydroxylation is 1. The number of esters is 1. The number of carbonyl (C=O) groups is 3. The van der Waals surface area contributed by atoms with Crippen LogP contribution in [0.2, 0.25) is 0 Å². The number of ketones is 1. The lowest BCUT2D eigenvalue weighted by molar-refractivity contribution is -0.117. The van der Waals surface area contributed by atoms with E-state index in [0.717, 1.165) is 16.8 Å². The van der Waals surface area contributed by atoms with Crippen molar-refractivity contribution in [1.82, 2.24) is 5.16 Å². The van der Waals surface area contributed by atoms with E-state index < -0.39 is 12.6 Å². The molecule has 1 aliphatic rings. The highest BCUT2D eigenvalue weighted by Gasteiger charge is 2.26. The van der Waals surface area contributed by atoms with Gasteiger partial charge in [-0.2, -0.15) is 0 Å². The Morgan fingerprint density at radius 1 is 1.17 bits per heavy atom. The number of nitrogens with zero attached hydrogens (tertiary/aromatic N) is 2. The minimum Gasteiger partial charge on any atom is -0.454 e. The number of hydrogen-bond donors (Lipinski definition) is 0. The van der Waals surface area contributed by atoms with Gasteiger partial charge in [0.25, 0.3) is 0 Å². The molecule has 4 rings (SSSR count). The molecule has 0 N–H and O–H groups in total. The van der Waals surface area contributed by atoms with Crippen LogP contribution in [0, 0.1) is 6.92 Å². The molecule has 2 aromatic carbocycles. The van der Waals surface area contributed by atoms with E-state index in [1.165, 1.54) is 0 Å². The molecule has 0 atom stereocenters. The number of carbonyl (C=O) groups excluding carboxylic acids is 3. The predicted molar refractivity (Wildman–Crippen MR) is 105 cm³/mol. The van der Waals surface area contributed by atoms with Crippen molar-refractivity contribution < 1.29 is 23.6 Å². The molecule has 0 fully saturated rings. The standard InChI is InChI=1S/C22H18N2O5/c1-13-20(21(23-29-13)14-6-4-3-5-7-14)22(27)28-12-18(25)15-8-9-17-16(10-15)11-19(26)24(17)2/h3-10H,11-12H2,1-2H3. The number of rotatable bonds is 5. The number of anilines is 1. The summed E-state index contributed by atoms with van der Waals surface area (Å²) in [7, 11) is 1.70. The van der Waals surface area contributed by atoms with Gasteiger partial charge in [0, 0.05) is 23.9 Å². The van der Waals surface area contributed by atoms with Crippen LogP contribution in [0.1, 0.15) is 32.0 Å². The molecule has 3 aromatic rings. The highest BCUT2D eigenvalue weighted by molar-refractivity contribution is 6.04. The van der Waals surface area contributed by atoms with E-state index in [0.29, 0.717) is 17.0 Å². The average molecular weight is 390 g/mol. The summed E-state index contributed by atoms with van der Waals surface area (Å²) in [5.74, 6) is -0.724. The lowest BCUT2D eigenvalue weighted by Gasteiger charge is -2.10. The molecular weight excluding hydrogens is 372 g/mol. The van der Waals surface area contributed by atoms with Crippen LogP contribution in [0.25, 0.3) is 11.3 Å². The van der Waals surface area contributed by atoms with E-state index in [9.17, 15) is 14.4 Å². The topological polar surface area (TPSA) is 89.7 Å². The molecule has 146 valence electrons. The van der Waals surface area contributed by atoms with Crippen molar-refractivity contribution in [2.75, 3.05) is 18.6 Å². The monoisotopic (exact) mass is 390 g/mol. The van der Waals surface area contributed by atoms with E-state index in [2.05, 4.69) is 5.16 Å². The lowest BCUT2D eigenvalue weighted by Crippen LogP contribution is -2.20. The molecule has 1 aromatic heterocycles. The van der Waals surface area contributed by atoms with Crippen LogP contribution >= 0.6 is 0 Å². The van der Waals surface area contributed by atoms with Crippen LogP contribution in [0.4, 0.5) is 5.69 Å². The van der Waals surface area contributed by atoms with Crippen LogP contribution in [0.15, 0.2) is 53.1 Å². The Hall–Kier alpha value is -3.74. The maximum atomic E-state index is 12.6. The first-order valence-electron chi connectivity index (χ1n) is 9.07. The first-order chi connectivity index (χ1) is 14.0. The van der Waals surface area contributed by atoms with Crippen molar-refractivity contribution in [2.24, 2.45) is 0 Å². The van der Waals surface area contributed by atoms with Crippen molar-refractivity contribution in [1.29, 1.82) is 0 Å². The largest absolute Gasteiger partial charge is 0.454 e. The molecule has 0 spiro atoms. The summed E-state index contributed by atoms with van der Waals surface area (Å²) in [5.41, 5.74) is 3.26. The third-order valence-electron chi connectivity index (χ3n) is 4.93. The second-order valence-electron chi connectivity index (χ2n) is 6.80. The molecule has 0 aliphatic carbocycles. The molecule has 7 nitrogen and oxygen atoms in total. The zero-order valence-electron chi connectivity index (χ0n) is 16.0. The van der Waals surface area contributed by atoms with Crippen LogP contribution in [-0.4, -0.2) is 36.5 Å². The van der Waals surface area contributed by atoms with Gasteiger partial charge in [-0.05, 0) is 30.7 Å². The van der Waals surface area contributed by atoms with Crippen LogP contribution < -0.4 is 4.90 Å². The van der Waals surface area contributed by atoms with E-state index in [4.69, 9.17) is 9.26 Å². The van der Waals surface area contributed by atoms with Gasteiger partial charge in [0.2, 0.25) is 5.91 Å². The average Bonchev–Trinajstić information content (AvgIpc) is 3.25. The number of aromatic nitrogens is 1. The summed E-state index contributed by atoms with van der Waals surface area (Å²) in [5, 5.41) is 3.95. The van der Waals surface area contributed by atoms with Gasteiger partial charge < -0.3 is 14.2 Å². The van der Waals surface area contributed by atoms with Gasteiger partial charge in [-0.3, -0.25) is 9.59 Å². The van der Waals surface area contributed by atoms with Crippen molar-refractivity contribution >= 4 is 23.3 Å². The summed E-state index contributed by atoms with van der Waals surface area (Å²) < 4.78 is 10.4. The van der Waals surface area contributed by atoms with Crippen molar-refractivity contribution in [3.63, 3.8) is 0 Å². The SMILES string of the molecule is Cc1onc(-c2ccccc2)c1C(=O)OCC(=O)c1ccc2c(c1)CC(=O)N2C. The molecule has 1 aliphatic heterocycles. The summed E-state index contributed by atoms with van der Waals surface area (Å²) in [4.78, 5) is 38.5. The summed E-state index contributed by atoms with van der Waals surface area (Å²) >= 11 is 0. The highest BCUT2D eigenvalue weighted by atomic mass is 16.5. The highest BCUT2D eigenvalue weighted by Crippen LogP contribution is 2.29. The fourth-order valence-corrected chi connectivity index (χ4v) is 3.34. The van der Waals surface area contributed by atoms with Gasteiger partial charge >= 0.3 is 5.97 Å². The van der Waals surface area contributed by atoms with Gasteiger partial charge in [-0.15, -0.1) is 0 Å². The lowest BCUT2D eigenvalue weighted by atomic mass is 10.1. The first kappa shape index (κ1) is 18.6. The molecule has 0 radical (unpaired) electrons. The van der Waals surface area contributed by atoms with Crippen LogP contribution in [0.5, 0.6) is 0 Å². The van der Waals surface area contributed by atoms with Crippen molar-refractivity contribution in [3.05, 3.63) is 71.0 Å². The molecule has 7 heteroatoms. The Labute approximate surface area is 166 Å². The Bertz CT molecular complexity index is 1120. The number of Topliss-reactive ketones (excluding diaryl/α,β-unsaturated/α-hetero) is 1. The van der Waals surface area contributed by atoms with E-state index in [-0.39, 0.29) is 23.7 Å². The number of amides is 1. The molecule has 0 unspecified atom stereocenters. The van der Waals surface area contributed by atoms with Gasteiger partial charge in [-0.1, -0.05) is 35.5 Å². The van der Waals surface area contributed by atoms with Gasteiger partial charge in [0.15, 0.2) is 12.4 Å². The Morgan fingerprint density at radius 3 is 2.69 bits per heavy atom. The summed E-state index contributed by atoms with van der Waals surface area (Å²) in [6, 6.07) is 14.2. The Balaban J connectivity index is 1.49. The molecule has 29 heavy (non-hydrogen) atoms. The van der Waals surface area contributed by atoms with Crippen LogP contribution in [-0.2, 0) is 16.0 Å². The molecular formula is C22H18N2O5. The normalized spacial score (nSPS) is 12.8. The third kappa shape index (κ3) is 3.42. The van der Waals surface area contributed by atoms with Crippen molar-refractivity contribution in [3.8, 4) is 11.3 Å². The minimum atomic E-state index is -0.674. The molecule has 2 heterocycles. The first-order valence-corrected chi connectivity index (χ1v) is 9.07. The van der Waals surface area contributed by atoms with Gasteiger partial charge in [0.05, 0.1) is 6.42 Å². The number of fused-ring (bicyclic) bond motifs is 1. The Kier molecular flexibility index (Phi) is 4.72. The zero-order chi connectivity index (χ0) is 20.5. The summed E-state index contributed by atoms with van der Waals surface area (Å²) in [6.07, 6.45) is 0.257. The van der Waals surface area contributed by atoms with E-state index in [1.807, 2.05) is 30.3 Å². The second kappa shape index (κ2) is 7.35.